The van der Waals surface area contributed by atoms with Gasteiger partial charge in [0.1, 0.15) is 6.04 Å². The third-order valence-corrected chi connectivity index (χ3v) is 5.27. The number of carbonyl (C=O) groups is 1. The van der Waals surface area contributed by atoms with Crippen molar-refractivity contribution in [2.24, 2.45) is 0 Å². The van der Waals surface area contributed by atoms with E-state index in [0.29, 0.717) is 6.54 Å². The highest BCUT2D eigenvalue weighted by atomic mass is 32.1. The molecule has 1 aliphatic heterocycles. The zero-order valence-electron chi connectivity index (χ0n) is 13.1. The number of aliphatic carboxylic acids is 1. The smallest absolute Gasteiger partial charge is 0.325 e. The second kappa shape index (κ2) is 5.82. The SMILES string of the molecule is Cc1nc(CN2CCc3c(C)cccc3C2C(=O)O)c(C)s1. The van der Waals surface area contributed by atoms with Gasteiger partial charge in [-0.2, -0.15) is 0 Å². The lowest BCUT2D eigenvalue weighted by Crippen LogP contribution is -2.39. The molecule has 116 valence electrons. The van der Waals surface area contributed by atoms with Gasteiger partial charge in [0.05, 0.1) is 10.7 Å². The fourth-order valence-corrected chi connectivity index (χ4v) is 4.10. The van der Waals surface area contributed by atoms with Crippen LogP contribution < -0.4 is 0 Å². The molecule has 2 aromatic rings. The summed E-state index contributed by atoms with van der Waals surface area (Å²) >= 11 is 1.67. The molecule has 0 spiro atoms. The van der Waals surface area contributed by atoms with Crippen LogP contribution in [0.2, 0.25) is 0 Å². The maximum Gasteiger partial charge on any atom is 0.325 e. The van der Waals surface area contributed by atoms with E-state index in [1.807, 2.05) is 24.0 Å². The lowest BCUT2D eigenvalue weighted by atomic mass is 9.89. The molecule has 1 aromatic carbocycles. The predicted octanol–water partition coefficient (Wildman–Crippen LogP) is 3.25. The maximum absolute atomic E-state index is 11.9. The van der Waals surface area contributed by atoms with E-state index in [-0.39, 0.29) is 0 Å². The van der Waals surface area contributed by atoms with Crippen molar-refractivity contribution in [1.82, 2.24) is 9.88 Å². The van der Waals surface area contributed by atoms with Crippen LogP contribution in [0, 0.1) is 20.8 Å². The monoisotopic (exact) mass is 316 g/mol. The van der Waals surface area contributed by atoms with Gasteiger partial charge in [0.2, 0.25) is 0 Å². The molecule has 1 aromatic heterocycles. The van der Waals surface area contributed by atoms with Gasteiger partial charge < -0.3 is 5.11 Å². The normalized spacial score (nSPS) is 18.2. The quantitative estimate of drug-likeness (QED) is 0.944. The lowest BCUT2D eigenvalue weighted by Gasteiger charge is -2.35. The molecule has 3 rings (SSSR count). The summed E-state index contributed by atoms with van der Waals surface area (Å²) in [6.45, 7) is 7.45. The Hall–Kier alpha value is -1.72. The first-order valence-corrected chi connectivity index (χ1v) is 8.27. The molecule has 0 radical (unpaired) electrons. The van der Waals surface area contributed by atoms with Gasteiger partial charge in [0.25, 0.3) is 0 Å². The van der Waals surface area contributed by atoms with Crippen molar-refractivity contribution in [2.75, 3.05) is 6.54 Å². The first kappa shape index (κ1) is 15.2. The minimum atomic E-state index is -0.781. The van der Waals surface area contributed by atoms with Crippen LogP contribution in [0.25, 0.3) is 0 Å². The molecule has 2 heterocycles. The first-order valence-electron chi connectivity index (χ1n) is 7.45. The molecule has 0 aliphatic carbocycles. The number of hydrogen-bond acceptors (Lipinski definition) is 4. The van der Waals surface area contributed by atoms with Crippen LogP contribution in [0.4, 0.5) is 0 Å². The van der Waals surface area contributed by atoms with Crippen molar-refractivity contribution in [1.29, 1.82) is 0 Å². The number of thiazole rings is 1. The van der Waals surface area contributed by atoms with E-state index < -0.39 is 12.0 Å². The Morgan fingerprint density at radius 3 is 2.82 bits per heavy atom. The molecule has 1 atom stereocenters. The number of carboxylic acid groups (broad SMARTS) is 1. The minimum Gasteiger partial charge on any atom is -0.480 e. The van der Waals surface area contributed by atoms with E-state index >= 15 is 0 Å². The highest BCUT2D eigenvalue weighted by Crippen LogP contribution is 2.33. The molecule has 0 saturated heterocycles. The Bertz CT molecular complexity index is 723. The van der Waals surface area contributed by atoms with Crippen LogP contribution >= 0.6 is 11.3 Å². The standard InChI is InChI=1S/C17H20N2O2S/c1-10-5-4-6-14-13(10)7-8-19(16(14)17(20)21)9-15-11(2)22-12(3)18-15/h4-6,16H,7-9H2,1-3H3,(H,20,21). The van der Waals surface area contributed by atoms with E-state index in [1.165, 1.54) is 16.0 Å². The number of nitrogens with zero attached hydrogens (tertiary/aromatic N) is 2. The topological polar surface area (TPSA) is 53.4 Å². The minimum absolute atomic E-state index is 0.579. The van der Waals surface area contributed by atoms with Crippen LogP contribution in [0.3, 0.4) is 0 Å². The van der Waals surface area contributed by atoms with Gasteiger partial charge in [-0.1, -0.05) is 18.2 Å². The van der Waals surface area contributed by atoms with Gasteiger partial charge in [0, 0.05) is 18.0 Å². The van der Waals surface area contributed by atoms with Crippen LogP contribution in [-0.2, 0) is 17.8 Å². The summed E-state index contributed by atoms with van der Waals surface area (Å²) in [6.07, 6.45) is 0.897. The van der Waals surface area contributed by atoms with Crippen molar-refractivity contribution in [3.8, 4) is 0 Å². The van der Waals surface area contributed by atoms with E-state index in [0.717, 1.165) is 29.2 Å². The lowest BCUT2D eigenvalue weighted by molar-refractivity contribution is -0.144. The van der Waals surface area contributed by atoms with Crippen LogP contribution in [0.15, 0.2) is 18.2 Å². The molecule has 5 heteroatoms. The van der Waals surface area contributed by atoms with Crippen LogP contribution in [0.5, 0.6) is 0 Å². The third kappa shape index (κ3) is 2.66. The van der Waals surface area contributed by atoms with E-state index in [4.69, 9.17) is 0 Å². The van der Waals surface area contributed by atoms with Crippen LogP contribution in [0.1, 0.15) is 38.3 Å². The maximum atomic E-state index is 11.9. The van der Waals surface area contributed by atoms with Crippen molar-refractivity contribution < 1.29 is 9.90 Å². The molecule has 0 saturated carbocycles. The molecule has 1 unspecified atom stereocenters. The predicted molar refractivity (Wildman–Crippen MR) is 87.3 cm³/mol. The van der Waals surface area contributed by atoms with E-state index in [1.54, 1.807) is 11.3 Å². The number of benzene rings is 1. The molecule has 0 bridgehead atoms. The van der Waals surface area contributed by atoms with Crippen molar-refractivity contribution in [3.63, 3.8) is 0 Å². The zero-order chi connectivity index (χ0) is 15.9. The van der Waals surface area contributed by atoms with Crippen molar-refractivity contribution in [3.05, 3.63) is 50.5 Å². The molecule has 22 heavy (non-hydrogen) atoms. The number of aromatic nitrogens is 1. The highest BCUT2D eigenvalue weighted by Gasteiger charge is 2.34. The van der Waals surface area contributed by atoms with Crippen molar-refractivity contribution >= 4 is 17.3 Å². The van der Waals surface area contributed by atoms with Gasteiger partial charge >= 0.3 is 5.97 Å². The number of carboxylic acids is 1. The number of rotatable bonds is 3. The molecule has 4 nitrogen and oxygen atoms in total. The fourth-order valence-electron chi connectivity index (χ4n) is 3.27. The molecule has 0 fully saturated rings. The zero-order valence-corrected chi connectivity index (χ0v) is 13.9. The second-order valence-corrected chi connectivity index (χ2v) is 7.25. The van der Waals surface area contributed by atoms with E-state index in [2.05, 4.69) is 24.9 Å². The summed E-state index contributed by atoms with van der Waals surface area (Å²) < 4.78 is 0. The summed E-state index contributed by atoms with van der Waals surface area (Å²) in [6, 6.07) is 5.38. The molecule has 1 aliphatic rings. The summed E-state index contributed by atoms with van der Waals surface area (Å²) in [7, 11) is 0. The summed E-state index contributed by atoms with van der Waals surface area (Å²) in [5.41, 5.74) is 4.31. The van der Waals surface area contributed by atoms with Gasteiger partial charge in [-0.15, -0.1) is 11.3 Å². The fraction of sp³-hybridized carbons (Fsp3) is 0.412. The number of hydrogen-bond donors (Lipinski definition) is 1. The molecular formula is C17H20N2O2S. The van der Waals surface area contributed by atoms with Crippen LogP contribution in [-0.4, -0.2) is 27.5 Å². The largest absolute Gasteiger partial charge is 0.480 e. The van der Waals surface area contributed by atoms with Crippen molar-refractivity contribution in [2.45, 2.75) is 39.8 Å². The summed E-state index contributed by atoms with van der Waals surface area (Å²) in [5, 5.41) is 10.8. The average molecular weight is 316 g/mol. The summed E-state index contributed by atoms with van der Waals surface area (Å²) in [4.78, 5) is 19.6. The first-order chi connectivity index (χ1) is 10.5. The van der Waals surface area contributed by atoms with Gasteiger partial charge in [-0.05, 0) is 43.9 Å². The highest BCUT2D eigenvalue weighted by molar-refractivity contribution is 7.11. The van der Waals surface area contributed by atoms with Gasteiger partial charge in [0.15, 0.2) is 0 Å². The van der Waals surface area contributed by atoms with Gasteiger partial charge in [-0.25, -0.2) is 4.98 Å². The Morgan fingerprint density at radius 2 is 2.18 bits per heavy atom. The average Bonchev–Trinajstić information content (AvgIpc) is 2.76. The van der Waals surface area contributed by atoms with E-state index in [9.17, 15) is 9.90 Å². The Labute approximate surface area is 134 Å². The molecular weight excluding hydrogens is 296 g/mol. The number of aryl methyl sites for hydroxylation is 3. The Kier molecular flexibility index (Phi) is 4.02. The molecule has 1 N–H and O–H groups in total. The molecule has 0 amide bonds. The third-order valence-electron chi connectivity index (χ3n) is 4.34. The second-order valence-electron chi connectivity index (χ2n) is 5.84. The Balaban J connectivity index is 1.96. The summed E-state index contributed by atoms with van der Waals surface area (Å²) in [5.74, 6) is -0.781. The Morgan fingerprint density at radius 1 is 1.41 bits per heavy atom. The number of fused-ring (bicyclic) bond motifs is 1. The van der Waals surface area contributed by atoms with Gasteiger partial charge in [-0.3, -0.25) is 9.69 Å².